The van der Waals surface area contributed by atoms with Crippen LogP contribution in [0.5, 0.6) is 11.5 Å². The van der Waals surface area contributed by atoms with Crippen molar-refractivity contribution in [2.24, 2.45) is 5.92 Å². The highest BCUT2D eigenvalue weighted by molar-refractivity contribution is 6.07. The van der Waals surface area contributed by atoms with Crippen LogP contribution >= 0.6 is 0 Å². The van der Waals surface area contributed by atoms with Crippen LogP contribution in [0.15, 0.2) is 42.5 Å². The first-order chi connectivity index (χ1) is 16.0. The van der Waals surface area contributed by atoms with Crippen molar-refractivity contribution < 1.29 is 24.2 Å². The molecule has 0 atom stereocenters. The Kier molecular flexibility index (Phi) is 8.02. The second-order valence-electron chi connectivity index (χ2n) is 9.94. The molecule has 1 N–H and O–H groups in total. The van der Waals surface area contributed by atoms with Crippen LogP contribution in [-0.2, 0) is 4.74 Å². The van der Waals surface area contributed by atoms with E-state index in [1.54, 1.807) is 35.3 Å². The molecule has 6 heteroatoms. The third-order valence-electron chi connectivity index (χ3n) is 5.86. The number of carbonyl (C=O) groups excluding carboxylic acids is 2. The number of allylic oxidation sites excluding steroid dienone is 1. The summed E-state index contributed by atoms with van der Waals surface area (Å²) in [5.41, 5.74) is 2.63. The van der Waals surface area contributed by atoms with Gasteiger partial charge in [-0.05, 0) is 106 Å². The van der Waals surface area contributed by atoms with Gasteiger partial charge in [0.2, 0.25) is 0 Å². The minimum absolute atomic E-state index is 0.0794. The summed E-state index contributed by atoms with van der Waals surface area (Å²) in [6, 6.07) is 10.7. The van der Waals surface area contributed by atoms with E-state index >= 15 is 0 Å². The molecule has 34 heavy (non-hydrogen) atoms. The van der Waals surface area contributed by atoms with Crippen LogP contribution in [0.25, 0.3) is 6.08 Å². The maximum absolute atomic E-state index is 12.7. The molecular formula is C28H35NO5. The van der Waals surface area contributed by atoms with E-state index in [9.17, 15) is 14.7 Å². The number of rotatable bonds is 6. The first-order valence-electron chi connectivity index (χ1n) is 11.8. The van der Waals surface area contributed by atoms with Gasteiger partial charge in [0.25, 0.3) is 0 Å². The van der Waals surface area contributed by atoms with Crippen LogP contribution in [0.3, 0.4) is 0 Å². The maximum Gasteiger partial charge on any atom is 0.410 e. The summed E-state index contributed by atoms with van der Waals surface area (Å²) in [6.45, 7) is 11.3. The number of aryl methyl sites for hydroxylation is 2. The Morgan fingerprint density at radius 1 is 1.06 bits per heavy atom. The fourth-order valence-corrected chi connectivity index (χ4v) is 3.87. The number of carbonyl (C=O) groups is 2. The molecule has 0 saturated carbocycles. The Labute approximate surface area is 202 Å². The van der Waals surface area contributed by atoms with Crippen LogP contribution < -0.4 is 4.74 Å². The van der Waals surface area contributed by atoms with Gasteiger partial charge in [-0.15, -0.1) is 0 Å². The van der Waals surface area contributed by atoms with E-state index in [0.717, 1.165) is 35.3 Å². The summed E-state index contributed by atoms with van der Waals surface area (Å²) < 4.78 is 11.5. The van der Waals surface area contributed by atoms with Crippen LogP contribution in [-0.4, -0.2) is 47.2 Å². The van der Waals surface area contributed by atoms with Gasteiger partial charge in [-0.25, -0.2) is 4.79 Å². The maximum atomic E-state index is 12.7. The molecular weight excluding hydrogens is 430 g/mol. The lowest BCUT2D eigenvalue weighted by Gasteiger charge is -2.33. The number of piperidine rings is 1. The van der Waals surface area contributed by atoms with Crippen molar-refractivity contribution in [1.82, 2.24) is 4.90 Å². The number of ketones is 1. The molecule has 1 aliphatic heterocycles. The number of phenols is 1. The minimum Gasteiger partial charge on any atom is -0.508 e. The summed E-state index contributed by atoms with van der Waals surface area (Å²) in [5.74, 6) is 1.27. The summed E-state index contributed by atoms with van der Waals surface area (Å²) in [5, 5.41) is 9.64. The molecule has 1 amide bonds. The van der Waals surface area contributed by atoms with Crippen molar-refractivity contribution in [1.29, 1.82) is 0 Å². The zero-order chi connectivity index (χ0) is 24.9. The zero-order valence-corrected chi connectivity index (χ0v) is 20.8. The summed E-state index contributed by atoms with van der Waals surface area (Å²) in [7, 11) is 0. The smallest absolute Gasteiger partial charge is 0.410 e. The van der Waals surface area contributed by atoms with Crippen molar-refractivity contribution in [3.8, 4) is 11.5 Å². The lowest BCUT2D eigenvalue weighted by atomic mass is 9.98. The first-order valence-corrected chi connectivity index (χ1v) is 11.8. The van der Waals surface area contributed by atoms with Gasteiger partial charge in [-0.2, -0.15) is 0 Å². The van der Waals surface area contributed by atoms with Crippen molar-refractivity contribution in [3.63, 3.8) is 0 Å². The largest absolute Gasteiger partial charge is 0.508 e. The Balaban J connectivity index is 1.50. The van der Waals surface area contributed by atoms with Crippen LogP contribution in [0, 0.1) is 19.8 Å². The number of benzene rings is 2. The van der Waals surface area contributed by atoms with Crippen molar-refractivity contribution in [2.45, 2.75) is 53.1 Å². The SMILES string of the molecule is Cc1cc(C=CC(=O)c2ccc(OCC3CCN(C(=O)OC(C)(C)C)CC3)cc2C)ccc1O. The van der Waals surface area contributed by atoms with Crippen molar-refractivity contribution in [3.05, 3.63) is 64.7 Å². The molecule has 3 rings (SSSR count). The van der Waals surface area contributed by atoms with Crippen LogP contribution in [0.2, 0.25) is 0 Å². The van der Waals surface area contributed by atoms with Gasteiger partial charge in [-0.3, -0.25) is 4.79 Å². The summed E-state index contributed by atoms with van der Waals surface area (Å²) in [4.78, 5) is 26.6. The van der Waals surface area contributed by atoms with Gasteiger partial charge in [-0.1, -0.05) is 12.1 Å². The summed E-state index contributed by atoms with van der Waals surface area (Å²) in [6.07, 6.45) is 4.79. The number of likely N-dealkylation sites (tertiary alicyclic amines) is 1. The molecule has 1 heterocycles. The van der Waals surface area contributed by atoms with Crippen LogP contribution in [0.4, 0.5) is 4.79 Å². The molecule has 182 valence electrons. The van der Waals surface area contributed by atoms with E-state index in [1.165, 1.54) is 0 Å². The van der Waals surface area contributed by atoms with Gasteiger partial charge in [0.05, 0.1) is 6.61 Å². The molecule has 0 aliphatic carbocycles. The number of amides is 1. The lowest BCUT2D eigenvalue weighted by Crippen LogP contribution is -2.42. The minimum atomic E-state index is -0.483. The quantitative estimate of drug-likeness (QED) is 0.423. The van der Waals surface area contributed by atoms with Gasteiger partial charge in [0, 0.05) is 18.7 Å². The Hall–Kier alpha value is -3.28. The predicted molar refractivity (Wildman–Crippen MR) is 133 cm³/mol. The van der Waals surface area contributed by atoms with E-state index in [1.807, 2.05) is 52.8 Å². The fourth-order valence-electron chi connectivity index (χ4n) is 3.87. The molecule has 0 spiro atoms. The highest BCUT2D eigenvalue weighted by Crippen LogP contribution is 2.24. The highest BCUT2D eigenvalue weighted by atomic mass is 16.6. The molecule has 0 unspecified atom stereocenters. The standard InChI is InChI=1S/C28H35NO5/c1-19-17-23(33-18-22-12-14-29(15-13-22)27(32)34-28(3,4)5)8-9-24(19)26(31)11-7-21-6-10-25(30)20(2)16-21/h6-11,16-17,22,30H,12-15,18H2,1-5H3. The molecule has 1 fully saturated rings. The van der Waals surface area contributed by atoms with E-state index in [4.69, 9.17) is 9.47 Å². The monoisotopic (exact) mass is 465 g/mol. The molecule has 6 nitrogen and oxygen atoms in total. The second-order valence-corrected chi connectivity index (χ2v) is 9.94. The van der Waals surface area contributed by atoms with E-state index < -0.39 is 5.60 Å². The number of hydrogen-bond donors (Lipinski definition) is 1. The average molecular weight is 466 g/mol. The Morgan fingerprint density at radius 3 is 2.38 bits per heavy atom. The van der Waals surface area contributed by atoms with Gasteiger partial charge >= 0.3 is 6.09 Å². The van der Waals surface area contributed by atoms with Gasteiger partial charge in [0.1, 0.15) is 17.1 Å². The number of ether oxygens (including phenoxy) is 2. The van der Waals surface area contributed by atoms with Crippen LogP contribution in [0.1, 0.15) is 60.7 Å². The van der Waals surface area contributed by atoms with E-state index in [-0.39, 0.29) is 17.6 Å². The molecule has 2 aromatic rings. The number of hydrogen-bond acceptors (Lipinski definition) is 5. The van der Waals surface area contributed by atoms with Crippen molar-refractivity contribution >= 4 is 18.0 Å². The van der Waals surface area contributed by atoms with E-state index in [2.05, 4.69) is 0 Å². The third-order valence-corrected chi connectivity index (χ3v) is 5.86. The molecule has 0 aromatic heterocycles. The molecule has 1 saturated heterocycles. The predicted octanol–water partition coefficient (Wildman–Crippen LogP) is 5.93. The molecule has 1 aliphatic rings. The topological polar surface area (TPSA) is 76.1 Å². The molecule has 0 bridgehead atoms. The summed E-state index contributed by atoms with van der Waals surface area (Å²) >= 11 is 0. The van der Waals surface area contributed by atoms with Gasteiger partial charge in [0.15, 0.2) is 5.78 Å². The zero-order valence-electron chi connectivity index (χ0n) is 20.8. The number of nitrogens with zero attached hydrogens (tertiary/aromatic N) is 1. The number of aromatic hydroxyl groups is 1. The van der Waals surface area contributed by atoms with Crippen molar-refractivity contribution in [2.75, 3.05) is 19.7 Å². The lowest BCUT2D eigenvalue weighted by molar-refractivity contribution is 0.0165. The second kappa shape index (κ2) is 10.8. The average Bonchev–Trinajstić information content (AvgIpc) is 2.77. The Morgan fingerprint density at radius 2 is 1.76 bits per heavy atom. The third kappa shape index (κ3) is 7.11. The fraction of sp³-hybridized carbons (Fsp3) is 0.429. The van der Waals surface area contributed by atoms with Gasteiger partial charge < -0.3 is 19.5 Å². The highest BCUT2D eigenvalue weighted by Gasteiger charge is 2.27. The van der Waals surface area contributed by atoms with E-state index in [0.29, 0.717) is 31.2 Å². The molecule has 0 radical (unpaired) electrons. The molecule has 2 aromatic carbocycles. The number of phenolic OH excluding ortho intramolecular Hbond substituents is 1. The first kappa shape index (κ1) is 25.3. The normalized spacial score (nSPS) is 14.9. The Bertz CT molecular complexity index is 1060.